The molecule has 0 radical (unpaired) electrons. The minimum absolute atomic E-state index is 0.118. The van der Waals surface area contributed by atoms with Crippen LogP contribution in [-0.4, -0.2) is 39.1 Å². The molecular weight excluding hydrogens is 278 g/mol. The number of rotatable bonds is 3. The van der Waals surface area contributed by atoms with E-state index in [0.29, 0.717) is 11.7 Å². The van der Waals surface area contributed by atoms with Crippen molar-refractivity contribution in [3.63, 3.8) is 0 Å². The summed E-state index contributed by atoms with van der Waals surface area (Å²) in [5.74, 6) is 2.19. The number of hydrogen-bond donors (Lipinski definition) is 1. The molecule has 6 nitrogen and oxygen atoms in total. The molecule has 22 heavy (non-hydrogen) atoms. The summed E-state index contributed by atoms with van der Waals surface area (Å²) in [6.07, 6.45) is 7.65. The summed E-state index contributed by atoms with van der Waals surface area (Å²) in [6.45, 7) is 3.63. The number of carbonyl (C=O) groups excluding carboxylic acids is 1. The lowest BCUT2D eigenvalue weighted by Gasteiger charge is -2.28. The largest absolute Gasteiger partial charge is 0.335 e. The van der Waals surface area contributed by atoms with E-state index < -0.39 is 0 Å². The number of pyridine rings is 1. The Bertz CT molecular complexity index is 649. The monoisotopic (exact) mass is 299 g/mol. The molecule has 2 amide bonds. The molecule has 1 N–H and O–H groups in total. The molecule has 2 aromatic rings. The molecule has 0 aliphatic carbocycles. The maximum absolute atomic E-state index is 12.2. The van der Waals surface area contributed by atoms with Crippen molar-refractivity contribution < 1.29 is 4.79 Å². The van der Waals surface area contributed by atoms with Crippen molar-refractivity contribution in [3.8, 4) is 0 Å². The Morgan fingerprint density at radius 2 is 2.32 bits per heavy atom. The Kier molecular flexibility index (Phi) is 4.09. The van der Waals surface area contributed by atoms with Gasteiger partial charge in [-0.1, -0.05) is 6.07 Å². The van der Waals surface area contributed by atoms with Crippen LogP contribution in [-0.2, 0) is 13.0 Å². The molecule has 0 saturated carbocycles. The van der Waals surface area contributed by atoms with Gasteiger partial charge in [0.2, 0.25) is 0 Å². The molecule has 0 aromatic carbocycles. The minimum atomic E-state index is -0.118. The predicted molar refractivity (Wildman–Crippen MR) is 84.7 cm³/mol. The second-order valence-corrected chi connectivity index (χ2v) is 5.93. The summed E-state index contributed by atoms with van der Waals surface area (Å²) < 4.78 is 2.18. The van der Waals surface area contributed by atoms with Crippen molar-refractivity contribution in [3.05, 3.63) is 42.1 Å². The smallest absolute Gasteiger partial charge is 0.322 e. The van der Waals surface area contributed by atoms with Gasteiger partial charge in [0.15, 0.2) is 0 Å². The van der Waals surface area contributed by atoms with Gasteiger partial charge in [-0.25, -0.2) is 14.8 Å². The summed E-state index contributed by atoms with van der Waals surface area (Å²) in [4.78, 5) is 22.5. The Morgan fingerprint density at radius 3 is 3.09 bits per heavy atom. The second kappa shape index (κ2) is 6.17. The van der Waals surface area contributed by atoms with Crippen LogP contribution in [0, 0.1) is 12.8 Å². The Balaban J connectivity index is 1.54. The number of amides is 2. The molecule has 0 spiro atoms. The third kappa shape index (κ3) is 3.27. The van der Waals surface area contributed by atoms with Crippen LogP contribution >= 0.6 is 0 Å². The number of anilines is 1. The van der Waals surface area contributed by atoms with Gasteiger partial charge in [0.25, 0.3) is 0 Å². The predicted octanol–water partition coefficient (Wildman–Crippen LogP) is 2.31. The van der Waals surface area contributed by atoms with Crippen molar-refractivity contribution in [2.75, 3.05) is 18.9 Å². The number of aryl methyl sites for hydroxylation is 2. The molecule has 1 atom stereocenters. The van der Waals surface area contributed by atoms with Crippen molar-refractivity contribution >= 4 is 11.8 Å². The van der Waals surface area contributed by atoms with Crippen molar-refractivity contribution in [2.45, 2.75) is 26.3 Å². The van der Waals surface area contributed by atoms with Crippen LogP contribution in [0.25, 0.3) is 0 Å². The fraction of sp³-hybridized carbons (Fsp3) is 0.438. The number of carbonyl (C=O) groups is 1. The number of imidazole rings is 1. The van der Waals surface area contributed by atoms with E-state index in [0.717, 1.165) is 37.3 Å². The van der Waals surface area contributed by atoms with Gasteiger partial charge < -0.3 is 9.47 Å². The lowest BCUT2D eigenvalue weighted by molar-refractivity contribution is 0.205. The zero-order chi connectivity index (χ0) is 15.5. The van der Waals surface area contributed by atoms with Crippen molar-refractivity contribution in [1.82, 2.24) is 19.4 Å². The van der Waals surface area contributed by atoms with Gasteiger partial charge >= 0.3 is 6.03 Å². The topological polar surface area (TPSA) is 63.1 Å². The highest BCUT2D eigenvalue weighted by Crippen LogP contribution is 2.19. The fourth-order valence-corrected chi connectivity index (χ4v) is 2.80. The first-order valence-electron chi connectivity index (χ1n) is 7.56. The molecule has 0 saturated heterocycles. The van der Waals surface area contributed by atoms with Gasteiger partial charge in [-0.2, -0.15) is 0 Å². The highest BCUT2D eigenvalue weighted by Gasteiger charge is 2.21. The van der Waals surface area contributed by atoms with Crippen LogP contribution < -0.4 is 5.32 Å². The van der Waals surface area contributed by atoms with Crippen LogP contribution in [0.1, 0.15) is 17.8 Å². The van der Waals surface area contributed by atoms with Crippen molar-refractivity contribution in [2.24, 2.45) is 5.92 Å². The lowest BCUT2D eigenvalue weighted by atomic mass is 9.99. The normalized spacial score (nSPS) is 16.9. The molecule has 0 fully saturated rings. The standard InChI is InChI=1S/C16H21N5O/c1-12-3-5-14(18-9-12)19-16(22)20(2)10-13-4-6-15-17-7-8-21(15)11-13/h3,5,7-9,13H,4,6,10-11H2,1-2H3,(H,18,19,22). The zero-order valence-corrected chi connectivity index (χ0v) is 13.0. The first-order chi connectivity index (χ1) is 10.6. The second-order valence-electron chi connectivity index (χ2n) is 5.93. The summed E-state index contributed by atoms with van der Waals surface area (Å²) in [5.41, 5.74) is 1.07. The summed E-state index contributed by atoms with van der Waals surface area (Å²) in [6, 6.07) is 3.64. The number of fused-ring (bicyclic) bond motifs is 1. The molecule has 1 unspecified atom stereocenters. The Hall–Kier alpha value is -2.37. The third-order valence-electron chi connectivity index (χ3n) is 4.06. The zero-order valence-electron chi connectivity index (χ0n) is 13.0. The number of urea groups is 1. The molecule has 6 heteroatoms. The average Bonchev–Trinajstić information content (AvgIpc) is 2.97. The summed E-state index contributed by atoms with van der Waals surface area (Å²) in [5, 5.41) is 2.83. The molecule has 116 valence electrons. The maximum atomic E-state index is 12.2. The number of hydrogen-bond acceptors (Lipinski definition) is 3. The first-order valence-corrected chi connectivity index (χ1v) is 7.56. The Morgan fingerprint density at radius 1 is 1.45 bits per heavy atom. The molecule has 1 aliphatic rings. The summed E-state index contributed by atoms with van der Waals surface area (Å²) >= 11 is 0. The van der Waals surface area contributed by atoms with E-state index in [1.165, 1.54) is 0 Å². The van der Waals surface area contributed by atoms with E-state index in [9.17, 15) is 4.79 Å². The SMILES string of the molecule is Cc1ccc(NC(=O)N(C)CC2CCc3nccn3C2)nc1. The van der Waals surface area contributed by atoms with Crippen LogP contribution in [0.2, 0.25) is 0 Å². The lowest BCUT2D eigenvalue weighted by Crippen LogP contribution is -2.38. The molecule has 2 aromatic heterocycles. The van der Waals surface area contributed by atoms with E-state index in [1.54, 1.807) is 11.1 Å². The van der Waals surface area contributed by atoms with E-state index in [4.69, 9.17) is 0 Å². The fourth-order valence-electron chi connectivity index (χ4n) is 2.80. The highest BCUT2D eigenvalue weighted by molar-refractivity contribution is 5.88. The number of nitrogens with zero attached hydrogens (tertiary/aromatic N) is 4. The van der Waals surface area contributed by atoms with E-state index in [1.807, 2.05) is 38.5 Å². The van der Waals surface area contributed by atoms with Crippen LogP contribution in [0.4, 0.5) is 10.6 Å². The first kappa shape index (κ1) is 14.6. The number of aromatic nitrogens is 3. The van der Waals surface area contributed by atoms with Gasteiger partial charge in [-0.3, -0.25) is 5.32 Å². The average molecular weight is 299 g/mol. The van der Waals surface area contributed by atoms with Crippen LogP contribution in [0.3, 0.4) is 0 Å². The maximum Gasteiger partial charge on any atom is 0.322 e. The van der Waals surface area contributed by atoms with Gasteiger partial charge in [-0.05, 0) is 30.9 Å². The highest BCUT2D eigenvalue weighted by atomic mass is 16.2. The van der Waals surface area contributed by atoms with Gasteiger partial charge in [-0.15, -0.1) is 0 Å². The minimum Gasteiger partial charge on any atom is -0.335 e. The molecule has 3 heterocycles. The van der Waals surface area contributed by atoms with Crippen molar-refractivity contribution in [1.29, 1.82) is 0 Å². The van der Waals surface area contributed by atoms with E-state index in [-0.39, 0.29) is 6.03 Å². The quantitative estimate of drug-likeness (QED) is 0.946. The van der Waals surface area contributed by atoms with Gasteiger partial charge in [0, 0.05) is 45.1 Å². The van der Waals surface area contributed by atoms with Gasteiger partial charge in [0.1, 0.15) is 11.6 Å². The van der Waals surface area contributed by atoms with E-state index in [2.05, 4.69) is 19.9 Å². The van der Waals surface area contributed by atoms with Crippen LogP contribution in [0.5, 0.6) is 0 Å². The summed E-state index contributed by atoms with van der Waals surface area (Å²) in [7, 11) is 1.83. The molecule has 1 aliphatic heterocycles. The third-order valence-corrected chi connectivity index (χ3v) is 4.06. The van der Waals surface area contributed by atoms with Gasteiger partial charge in [0.05, 0.1) is 0 Å². The van der Waals surface area contributed by atoms with Crippen LogP contribution in [0.15, 0.2) is 30.7 Å². The molecular formula is C16H21N5O. The number of nitrogens with one attached hydrogen (secondary N) is 1. The Labute approximate surface area is 130 Å². The van der Waals surface area contributed by atoms with E-state index >= 15 is 0 Å². The molecule has 3 rings (SSSR count). The molecule has 0 bridgehead atoms.